The van der Waals surface area contributed by atoms with Gasteiger partial charge >= 0.3 is 0 Å². The van der Waals surface area contributed by atoms with Crippen LogP contribution >= 0.6 is 11.3 Å². The molecule has 1 unspecified atom stereocenters. The first-order valence-corrected chi connectivity index (χ1v) is 8.92. The molecule has 4 saturated carbocycles. The minimum absolute atomic E-state index is 0.418. The van der Waals surface area contributed by atoms with E-state index in [0.717, 1.165) is 29.9 Å². The van der Waals surface area contributed by atoms with E-state index in [1.165, 1.54) is 43.5 Å². The van der Waals surface area contributed by atoms with Gasteiger partial charge < -0.3 is 0 Å². The molecule has 0 aromatic carbocycles. The van der Waals surface area contributed by atoms with Crippen LogP contribution in [0.15, 0.2) is 5.38 Å². The van der Waals surface area contributed by atoms with Crippen molar-refractivity contribution in [3.63, 3.8) is 0 Å². The average molecular weight is 291 g/mol. The number of thiazole rings is 1. The van der Waals surface area contributed by atoms with E-state index in [2.05, 4.69) is 22.7 Å². The van der Waals surface area contributed by atoms with Crippen LogP contribution in [-0.4, -0.2) is 11.0 Å². The summed E-state index contributed by atoms with van der Waals surface area (Å²) in [4.78, 5) is 4.65. The molecule has 4 heteroatoms. The number of hydrazine groups is 1. The van der Waals surface area contributed by atoms with E-state index < -0.39 is 0 Å². The van der Waals surface area contributed by atoms with Crippen LogP contribution in [0, 0.1) is 30.1 Å². The first kappa shape index (κ1) is 13.2. The SMILES string of the molecule is Cc1csc(CC(NN)C23CC4CC(CC(C4)C2)C3)n1. The maximum Gasteiger partial charge on any atom is 0.0944 e. The maximum atomic E-state index is 5.98. The second kappa shape index (κ2) is 4.79. The fourth-order valence-electron chi connectivity index (χ4n) is 5.73. The Morgan fingerprint density at radius 2 is 1.90 bits per heavy atom. The van der Waals surface area contributed by atoms with Crippen molar-refractivity contribution in [1.82, 2.24) is 10.4 Å². The van der Waals surface area contributed by atoms with Crippen LogP contribution < -0.4 is 11.3 Å². The molecule has 4 bridgehead atoms. The molecule has 0 saturated heterocycles. The van der Waals surface area contributed by atoms with Gasteiger partial charge in [0.1, 0.15) is 0 Å². The minimum Gasteiger partial charge on any atom is -0.271 e. The minimum atomic E-state index is 0.418. The molecule has 0 aliphatic heterocycles. The van der Waals surface area contributed by atoms with Gasteiger partial charge in [0, 0.05) is 23.5 Å². The summed E-state index contributed by atoms with van der Waals surface area (Å²) in [6.45, 7) is 2.08. The molecule has 1 atom stereocenters. The molecule has 0 spiro atoms. The number of nitrogens with two attached hydrogens (primary N) is 1. The monoisotopic (exact) mass is 291 g/mol. The van der Waals surface area contributed by atoms with Gasteiger partial charge in [-0.2, -0.15) is 0 Å². The van der Waals surface area contributed by atoms with Gasteiger partial charge in [-0.25, -0.2) is 4.98 Å². The first-order chi connectivity index (χ1) is 9.67. The van der Waals surface area contributed by atoms with Crippen molar-refractivity contribution in [2.45, 2.75) is 57.9 Å². The molecule has 0 radical (unpaired) electrons. The van der Waals surface area contributed by atoms with Gasteiger partial charge in [-0.05, 0) is 68.6 Å². The molecule has 1 aromatic heterocycles. The van der Waals surface area contributed by atoms with Crippen LogP contribution in [0.25, 0.3) is 0 Å². The molecule has 5 rings (SSSR count). The standard InChI is InChI=1S/C16H25N3S/c1-10-9-20-15(18-10)5-14(19-17)16-6-11-2-12(7-16)4-13(3-11)8-16/h9,11-14,19H,2-8,17H2,1H3. The Bertz CT molecular complexity index is 460. The number of rotatable bonds is 4. The van der Waals surface area contributed by atoms with E-state index in [9.17, 15) is 0 Å². The molecule has 4 aliphatic carbocycles. The second-order valence-corrected chi connectivity index (χ2v) is 8.53. The third kappa shape index (κ3) is 2.13. The Labute approximate surface area is 125 Å². The lowest BCUT2D eigenvalue weighted by Gasteiger charge is -2.59. The predicted molar refractivity (Wildman–Crippen MR) is 82.3 cm³/mol. The Balaban J connectivity index is 1.57. The van der Waals surface area contributed by atoms with E-state index in [1.54, 1.807) is 11.3 Å². The normalized spacial score (nSPS) is 40.2. The van der Waals surface area contributed by atoms with Gasteiger partial charge in [-0.1, -0.05) is 0 Å². The Hall–Kier alpha value is -0.450. The lowest BCUT2D eigenvalue weighted by molar-refractivity contribution is -0.0737. The summed E-state index contributed by atoms with van der Waals surface area (Å²) in [5, 5.41) is 3.41. The molecule has 4 fully saturated rings. The predicted octanol–water partition coefficient (Wildman–Crippen LogP) is 3.04. The molecule has 1 heterocycles. The molecule has 110 valence electrons. The number of nitrogens with one attached hydrogen (secondary N) is 1. The summed E-state index contributed by atoms with van der Waals surface area (Å²) in [7, 11) is 0. The number of aromatic nitrogens is 1. The van der Waals surface area contributed by atoms with Crippen LogP contribution in [0.5, 0.6) is 0 Å². The third-order valence-corrected chi connectivity index (χ3v) is 7.06. The highest BCUT2D eigenvalue weighted by molar-refractivity contribution is 7.09. The topological polar surface area (TPSA) is 50.9 Å². The highest BCUT2D eigenvalue weighted by Gasteiger charge is 2.54. The van der Waals surface area contributed by atoms with Crippen molar-refractivity contribution >= 4 is 11.3 Å². The number of hydrogen-bond acceptors (Lipinski definition) is 4. The maximum absolute atomic E-state index is 5.98. The Morgan fingerprint density at radius 3 is 2.35 bits per heavy atom. The van der Waals surface area contributed by atoms with Crippen LogP contribution in [0.3, 0.4) is 0 Å². The molecule has 1 aromatic rings. The van der Waals surface area contributed by atoms with Gasteiger partial charge in [0.25, 0.3) is 0 Å². The highest BCUT2D eigenvalue weighted by atomic mass is 32.1. The molecular weight excluding hydrogens is 266 g/mol. The summed E-state index contributed by atoms with van der Waals surface area (Å²) in [6, 6.07) is 0.418. The lowest BCUT2D eigenvalue weighted by atomic mass is 9.47. The Morgan fingerprint density at radius 1 is 1.30 bits per heavy atom. The Kier molecular flexibility index (Phi) is 3.17. The molecule has 3 nitrogen and oxygen atoms in total. The van der Waals surface area contributed by atoms with Crippen LogP contribution in [0.4, 0.5) is 0 Å². The van der Waals surface area contributed by atoms with Crippen LogP contribution in [-0.2, 0) is 6.42 Å². The molecule has 4 aliphatic rings. The van der Waals surface area contributed by atoms with Gasteiger partial charge in [-0.3, -0.25) is 11.3 Å². The van der Waals surface area contributed by atoms with Crippen molar-refractivity contribution in [2.24, 2.45) is 29.0 Å². The van der Waals surface area contributed by atoms with E-state index >= 15 is 0 Å². The first-order valence-electron chi connectivity index (χ1n) is 8.04. The van der Waals surface area contributed by atoms with Crippen LogP contribution in [0.1, 0.15) is 49.2 Å². The molecule has 20 heavy (non-hydrogen) atoms. The van der Waals surface area contributed by atoms with Gasteiger partial charge in [0.05, 0.1) is 5.01 Å². The smallest absolute Gasteiger partial charge is 0.0944 e. The van der Waals surface area contributed by atoms with Crippen molar-refractivity contribution in [1.29, 1.82) is 0 Å². The molecule has 3 N–H and O–H groups in total. The molecular formula is C16H25N3S. The van der Waals surface area contributed by atoms with E-state index in [0.29, 0.717) is 11.5 Å². The van der Waals surface area contributed by atoms with Crippen LogP contribution in [0.2, 0.25) is 0 Å². The zero-order valence-corrected chi connectivity index (χ0v) is 13.1. The van der Waals surface area contributed by atoms with E-state index in [4.69, 9.17) is 5.84 Å². The zero-order chi connectivity index (χ0) is 13.7. The second-order valence-electron chi connectivity index (χ2n) is 7.59. The van der Waals surface area contributed by atoms with Gasteiger partial charge in [-0.15, -0.1) is 11.3 Å². The van der Waals surface area contributed by atoms with Gasteiger partial charge in [0.15, 0.2) is 0 Å². The largest absolute Gasteiger partial charge is 0.271 e. The summed E-state index contributed by atoms with van der Waals surface area (Å²) < 4.78 is 0. The quantitative estimate of drug-likeness (QED) is 0.662. The molecule has 0 amide bonds. The number of hydrogen-bond donors (Lipinski definition) is 2. The van der Waals surface area contributed by atoms with E-state index in [-0.39, 0.29) is 0 Å². The van der Waals surface area contributed by atoms with Crippen molar-refractivity contribution < 1.29 is 0 Å². The third-order valence-electron chi connectivity index (χ3n) is 6.07. The summed E-state index contributed by atoms with van der Waals surface area (Å²) in [5.74, 6) is 8.92. The zero-order valence-electron chi connectivity index (χ0n) is 12.3. The fourth-order valence-corrected chi connectivity index (χ4v) is 6.55. The summed E-state index contributed by atoms with van der Waals surface area (Å²) in [6.07, 6.45) is 9.70. The number of nitrogens with zero attached hydrogens (tertiary/aromatic N) is 1. The van der Waals surface area contributed by atoms with Crippen molar-refractivity contribution in [3.05, 3.63) is 16.1 Å². The summed E-state index contributed by atoms with van der Waals surface area (Å²) in [5.41, 5.74) is 4.79. The lowest BCUT2D eigenvalue weighted by Crippen LogP contribution is -2.58. The van der Waals surface area contributed by atoms with Gasteiger partial charge in [0.2, 0.25) is 0 Å². The summed E-state index contributed by atoms with van der Waals surface area (Å²) >= 11 is 1.79. The average Bonchev–Trinajstić information content (AvgIpc) is 2.80. The van der Waals surface area contributed by atoms with E-state index in [1.807, 2.05) is 0 Å². The number of aryl methyl sites for hydroxylation is 1. The van der Waals surface area contributed by atoms with Crippen molar-refractivity contribution in [3.8, 4) is 0 Å². The fraction of sp³-hybridized carbons (Fsp3) is 0.812. The highest BCUT2D eigenvalue weighted by Crippen LogP contribution is 2.61. The van der Waals surface area contributed by atoms with Crippen molar-refractivity contribution in [2.75, 3.05) is 0 Å².